The van der Waals surface area contributed by atoms with Gasteiger partial charge in [-0.3, -0.25) is 0 Å². The molecule has 0 aromatic rings. The minimum Gasteiger partial charge on any atom is -0.748 e. The summed E-state index contributed by atoms with van der Waals surface area (Å²) < 4.78 is 31.4. The van der Waals surface area contributed by atoms with E-state index < -0.39 is 23.1 Å². The van der Waals surface area contributed by atoms with Crippen LogP contribution in [0.1, 0.15) is 6.92 Å². The monoisotopic (exact) mass is 181 g/mol. The minimum absolute atomic E-state index is 0.681. The summed E-state index contributed by atoms with van der Waals surface area (Å²) in [6.45, 7) is 7.10. The second-order valence-electron chi connectivity index (χ2n) is 3.50. The van der Waals surface area contributed by atoms with Gasteiger partial charge < -0.3 is 4.55 Å². The molecule has 0 fully saturated rings. The zero-order valence-corrected chi connectivity index (χ0v) is 8.53. The summed E-state index contributed by atoms with van der Waals surface area (Å²) in [7, 11) is -5.85. The molecule has 0 aromatic heterocycles. The van der Waals surface area contributed by atoms with E-state index >= 15 is 0 Å². The van der Waals surface area contributed by atoms with Crippen LogP contribution in [0.5, 0.6) is 0 Å². The summed E-state index contributed by atoms with van der Waals surface area (Å²) in [5, 5.41) is 0. The first-order valence-corrected chi connectivity index (χ1v) is 8.15. The Labute approximate surface area is 63.2 Å². The van der Waals surface area contributed by atoms with Crippen LogP contribution in [0, 0.1) is 0 Å². The highest BCUT2D eigenvalue weighted by molar-refractivity contribution is 7.88. The number of hydrogen-bond acceptors (Lipinski definition) is 3. The van der Waals surface area contributed by atoms with Gasteiger partial charge in [0.25, 0.3) is 0 Å². The van der Waals surface area contributed by atoms with Gasteiger partial charge in [-0.25, -0.2) is 8.42 Å². The fourth-order valence-corrected chi connectivity index (χ4v) is 3.90. The van der Waals surface area contributed by atoms with Crippen molar-refractivity contribution in [3.8, 4) is 0 Å². The average molecular weight is 181 g/mol. The van der Waals surface area contributed by atoms with E-state index in [0.29, 0.717) is 0 Å². The van der Waals surface area contributed by atoms with Crippen LogP contribution < -0.4 is 0 Å². The maximum Gasteiger partial charge on any atom is 0.0946 e. The summed E-state index contributed by atoms with van der Waals surface area (Å²) in [4.78, 5) is -0.681. The highest BCUT2D eigenvalue weighted by Gasteiger charge is 2.27. The third kappa shape index (κ3) is 2.81. The molecule has 1 atom stereocenters. The van der Waals surface area contributed by atoms with Gasteiger partial charge in [0.05, 0.1) is 18.2 Å². The van der Waals surface area contributed by atoms with E-state index in [9.17, 15) is 13.0 Å². The van der Waals surface area contributed by atoms with Crippen molar-refractivity contribution >= 4 is 18.2 Å². The second kappa shape index (κ2) is 2.63. The Kier molecular flexibility index (Phi) is 2.67. The van der Waals surface area contributed by atoms with Crippen molar-refractivity contribution in [3.05, 3.63) is 0 Å². The molecule has 10 heavy (non-hydrogen) atoms. The van der Waals surface area contributed by atoms with Crippen LogP contribution in [0.25, 0.3) is 0 Å². The van der Waals surface area contributed by atoms with E-state index in [-0.39, 0.29) is 0 Å². The van der Waals surface area contributed by atoms with Crippen molar-refractivity contribution in [2.45, 2.75) is 31.4 Å². The fourth-order valence-electron chi connectivity index (χ4n) is 0.433. The zero-order chi connectivity index (χ0) is 8.58. The molecule has 0 bridgehead atoms. The molecule has 0 spiro atoms. The van der Waals surface area contributed by atoms with Gasteiger partial charge in [-0.1, -0.05) is 26.6 Å². The Balaban J connectivity index is 4.56. The van der Waals surface area contributed by atoms with Crippen molar-refractivity contribution < 1.29 is 13.0 Å². The van der Waals surface area contributed by atoms with Gasteiger partial charge in [-0.15, -0.1) is 0 Å². The third-order valence-corrected chi connectivity index (χ3v) is 7.95. The number of hydrogen-bond donors (Lipinski definition) is 0. The van der Waals surface area contributed by atoms with Crippen LogP contribution in [0.15, 0.2) is 0 Å². The van der Waals surface area contributed by atoms with E-state index in [1.54, 1.807) is 0 Å². The Morgan fingerprint density at radius 1 is 1.30 bits per heavy atom. The second-order valence-corrected chi connectivity index (χ2v) is 11.2. The molecule has 0 rings (SSSR count). The van der Waals surface area contributed by atoms with Crippen molar-refractivity contribution in [2.24, 2.45) is 0 Å². The smallest absolute Gasteiger partial charge is 0.0946 e. The van der Waals surface area contributed by atoms with Gasteiger partial charge >= 0.3 is 0 Å². The van der Waals surface area contributed by atoms with E-state index in [4.69, 9.17) is 0 Å². The molecule has 0 aliphatic carbocycles. The fraction of sp³-hybridized carbons (Fsp3) is 1.00. The quantitative estimate of drug-likeness (QED) is 0.467. The molecule has 0 radical (unpaired) electrons. The van der Waals surface area contributed by atoms with Crippen molar-refractivity contribution in [1.82, 2.24) is 0 Å². The highest BCUT2D eigenvalue weighted by Crippen LogP contribution is 2.13. The third-order valence-electron chi connectivity index (χ3n) is 1.65. The lowest BCUT2D eigenvalue weighted by Gasteiger charge is -2.27. The standard InChI is InChI=1S/C5H14O3SSi/c1-5(9(6,7)8)10(2,3)4/h5H,1-4H3,(H,6,7,8)/p-1. The molecular formula is C5H13O3SSi-. The van der Waals surface area contributed by atoms with Crippen LogP contribution >= 0.6 is 0 Å². The first kappa shape index (κ1) is 10.1. The molecule has 0 heterocycles. The van der Waals surface area contributed by atoms with Crippen molar-refractivity contribution in [2.75, 3.05) is 0 Å². The normalized spacial score (nSPS) is 16.9. The zero-order valence-electron chi connectivity index (χ0n) is 6.71. The molecular weight excluding hydrogens is 168 g/mol. The molecule has 0 aliphatic heterocycles. The first-order chi connectivity index (χ1) is 4.15. The molecule has 0 aromatic carbocycles. The number of rotatable bonds is 2. The lowest BCUT2D eigenvalue weighted by atomic mass is 11.0. The van der Waals surface area contributed by atoms with Gasteiger partial charge in [-0.2, -0.15) is 0 Å². The summed E-state index contributed by atoms with van der Waals surface area (Å²) in [6, 6.07) is 0. The van der Waals surface area contributed by atoms with Gasteiger partial charge in [0.1, 0.15) is 0 Å². The minimum atomic E-state index is -4.05. The largest absolute Gasteiger partial charge is 0.748 e. The Hall–Kier alpha value is 0.127. The van der Waals surface area contributed by atoms with E-state index in [0.717, 1.165) is 0 Å². The predicted octanol–water partition coefficient (Wildman–Crippen LogP) is 0.797. The lowest BCUT2D eigenvalue weighted by molar-refractivity contribution is 0.460. The molecule has 62 valence electrons. The molecule has 1 unspecified atom stereocenters. The molecule has 3 nitrogen and oxygen atoms in total. The van der Waals surface area contributed by atoms with Crippen LogP contribution in [0.4, 0.5) is 0 Å². The van der Waals surface area contributed by atoms with Gasteiger partial charge in [0.15, 0.2) is 0 Å². The predicted molar refractivity (Wildman–Crippen MR) is 42.5 cm³/mol. The molecule has 0 saturated heterocycles. The van der Waals surface area contributed by atoms with Crippen molar-refractivity contribution in [3.63, 3.8) is 0 Å². The van der Waals surface area contributed by atoms with Crippen LogP contribution in [0.2, 0.25) is 19.6 Å². The van der Waals surface area contributed by atoms with E-state index in [2.05, 4.69) is 0 Å². The average Bonchev–Trinajstić information content (AvgIpc) is 1.59. The summed E-state index contributed by atoms with van der Waals surface area (Å²) in [6.07, 6.45) is 0. The van der Waals surface area contributed by atoms with Crippen LogP contribution in [-0.2, 0) is 10.1 Å². The highest BCUT2D eigenvalue weighted by atomic mass is 32.2. The molecule has 0 saturated carbocycles. The molecule has 0 amide bonds. The SMILES string of the molecule is CC([Si](C)(C)C)S(=O)(=O)[O-]. The maximum atomic E-state index is 10.5. The summed E-state index contributed by atoms with van der Waals surface area (Å²) in [5.41, 5.74) is 0. The molecule has 0 aliphatic rings. The van der Waals surface area contributed by atoms with Gasteiger partial charge in [0, 0.05) is 4.87 Å². The first-order valence-electron chi connectivity index (χ1n) is 3.10. The molecule has 0 N–H and O–H groups in total. The maximum absolute atomic E-state index is 10.5. The Bertz CT molecular complexity index is 201. The summed E-state index contributed by atoms with van der Waals surface area (Å²) in [5.74, 6) is 0. The van der Waals surface area contributed by atoms with Gasteiger partial charge in [0.2, 0.25) is 0 Å². The van der Waals surface area contributed by atoms with Crippen LogP contribution in [0.3, 0.4) is 0 Å². The topological polar surface area (TPSA) is 57.2 Å². The van der Waals surface area contributed by atoms with E-state index in [1.807, 2.05) is 19.6 Å². The Morgan fingerprint density at radius 2 is 1.60 bits per heavy atom. The van der Waals surface area contributed by atoms with Crippen molar-refractivity contribution in [1.29, 1.82) is 0 Å². The van der Waals surface area contributed by atoms with Crippen LogP contribution in [-0.4, -0.2) is 25.9 Å². The molecule has 5 heteroatoms. The lowest BCUT2D eigenvalue weighted by Crippen LogP contribution is -2.41. The van der Waals surface area contributed by atoms with Gasteiger partial charge in [-0.05, 0) is 0 Å². The summed E-state index contributed by atoms with van der Waals surface area (Å²) >= 11 is 0. The Morgan fingerprint density at radius 3 is 1.60 bits per heavy atom. The van der Waals surface area contributed by atoms with E-state index in [1.165, 1.54) is 6.92 Å².